The minimum absolute atomic E-state index is 0.234. The van der Waals surface area contributed by atoms with E-state index in [1.54, 1.807) is 36.4 Å². The fraction of sp³-hybridized carbons (Fsp3) is 0.0714. The molecule has 0 saturated heterocycles. The van der Waals surface area contributed by atoms with E-state index < -0.39 is 0 Å². The van der Waals surface area contributed by atoms with Crippen molar-refractivity contribution in [3.05, 3.63) is 63.6 Å². The Kier molecular flexibility index (Phi) is 3.90. The molecule has 2 rings (SSSR count). The van der Waals surface area contributed by atoms with Gasteiger partial charge in [-0.15, -0.1) is 0 Å². The Morgan fingerprint density at radius 3 is 2.33 bits per heavy atom. The number of nitrogens with one attached hydrogen (secondary N) is 1. The highest BCUT2D eigenvalue weighted by atomic mass is 35.5. The third-order valence-electron chi connectivity index (χ3n) is 2.47. The van der Waals surface area contributed by atoms with Gasteiger partial charge in [0.05, 0.1) is 10.6 Å². The van der Waals surface area contributed by atoms with Gasteiger partial charge >= 0.3 is 0 Å². The van der Waals surface area contributed by atoms with Gasteiger partial charge in [0.1, 0.15) is 0 Å². The summed E-state index contributed by atoms with van der Waals surface area (Å²) in [6, 6.07) is 12.2. The minimum Gasteiger partial charge on any atom is -0.322 e. The van der Waals surface area contributed by atoms with Crippen LogP contribution < -0.4 is 5.32 Å². The topological polar surface area (TPSA) is 29.1 Å². The van der Waals surface area contributed by atoms with Crippen molar-refractivity contribution in [3.63, 3.8) is 0 Å². The molecule has 0 fully saturated rings. The average molecular weight is 280 g/mol. The van der Waals surface area contributed by atoms with Crippen LogP contribution in [0.2, 0.25) is 10.0 Å². The maximum atomic E-state index is 12.0. The van der Waals surface area contributed by atoms with E-state index in [2.05, 4.69) is 5.32 Å². The summed E-state index contributed by atoms with van der Waals surface area (Å²) in [5, 5.41) is 3.84. The second-order valence-corrected chi connectivity index (χ2v) is 4.79. The summed E-state index contributed by atoms with van der Waals surface area (Å²) in [7, 11) is 0. The lowest BCUT2D eigenvalue weighted by Gasteiger charge is -2.07. The maximum Gasteiger partial charge on any atom is 0.257 e. The third-order valence-corrected chi connectivity index (χ3v) is 3.04. The molecule has 0 aliphatic rings. The van der Waals surface area contributed by atoms with Crippen LogP contribution in [0.4, 0.5) is 5.69 Å². The second-order valence-electron chi connectivity index (χ2n) is 3.94. The summed E-state index contributed by atoms with van der Waals surface area (Å²) >= 11 is 11.8. The first-order chi connectivity index (χ1) is 8.56. The summed E-state index contributed by atoms with van der Waals surface area (Å²) in [4.78, 5) is 12.0. The van der Waals surface area contributed by atoms with Crippen molar-refractivity contribution in [1.82, 2.24) is 0 Å². The van der Waals surface area contributed by atoms with Crippen LogP contribution in [0.15, 0.2) is 42.5 Å². The summed E-state index contributed by atoms with van der Waals surface area (Å²) in [5.74, 6) is -0.234. The molecule has 0 spiro atoms. The number of carbonyl (C=O) groups excluding carboxylic acids is 1. The molecule has 2 aromatic carbocycles. The molecule has 4 heteroatoms. The van der Waals surface area contributed by atoms with Gasteiger partial charge in [0.2, 0.25) is 0 Å². The van der Waals surface area contributed by atoms with Gasteiger partial charge in [-0.1, -0.05) is 29.3 Å². The van der Waals surface area contributed by atoms with Crippen molar-refractivity contribution in [3.8, 4) is 0 Å². The molecule has 1 N–H and O–H groups in total. The van der Waals surface area contributed by atoms with Crippen LogP contribution in [0.3, 0.4) is 0 Å². The van der Waals surface area contributed by atoms with Gasteiger partial charge in [0.25, 0.3) is 5.91 Å². The Hall–Kier alpha value is -1.51. The lowest BCUT2D eigenvalue weighted by atomic mass is 10.1. The fourth-order valence-corrected chi connectivity index (χ4v) is 1.98. The standard InChI is InChI=1S/C14H11Cl2NO/c1-9-2-7-12(13(16)8-9)14(18)17-11-5-3-10(15)4-6-11/h2-8H,1H3,(H,17,18). The van der Waals surface area contributed by atoms with Crippen LogP contribution in [0.25, 0.3) is 0 Å². The summed E-state index contributed by atoms with van der Waals surface area (Å²) in [6.45, 7) is 1.92. The number of hydrogen-bond donors (Lipinski definition) is 1. The molecular weight excluding hydrogens is 269 g/mol. The molecule has 0 saturated carbocycles. The first-order valence-electron chi connectivity index (χ1n) is 5.39. The molecule has 0 radical (unpaired) electrons. The van der Waals surface area contributed by atoms with Crippen molar-refractivity contribution in [2.75, 3.05) is 5.32 Å². The maximum absolute atomic E-state index is 12.0. The predicted octanol–water partition coefficient (Wildman–Crippen LogP) is 4.55. The monoisotopic (exact) mass is 279 g/mol. The van der Waals surface area contributed by atoms with Gasteiger partial charge in [-0.2, -0.15) is 0 Å². The molecule has 1 amide bonds. The van der Waals surface area contributed by atoms with Crippen molar-refractivity contribution in [2.24, 2.45) is 0 Å². The zero-order valence-corrected chi connectivity index (χ0v) is 11.2. The van der Waals surface area contributed by atoms with E-state index >= 15 is 0 Å². The third kappa shape index (κ3) is 3.03. The van der Waals surface area contributed by atoms with Gasteiger partial charge < -0.3 is 5.32 Å². The largest absolute Gasteiger partial charge is 0.322 e. The minimum atomic E-state index is -0.234. The quantitative estimate of drug-likeness (QED) is 0.858. The van der Waals surface area contributed by atoms with Crippen LogP contribution in [-0.4, -0.2) is 5.91 Å². The van der Waals surface area contributed by atoms with E-state index in [0.29, 0.717) is 21.3 Å². The van der Waals surface area contributed by atoms with Crippen LogP contribution in [0.1, 0.15) is 15.9 Å². The molecule has 92 valence electrons. The SMILES string of the molecule is Cc1ccc(C(=O)Nc2ccc(Cl)cc2)c(Cl)c1. The van der Waals surface area contributed by atoms with Crippen molar-refractivity contribution in [1.29, 1.82) is 0 Å². The van der Waals surface area contributed by atoms with Crippen molar-refractivity contribution in [2.45, 2.75) is 6.92 Å². The van der Waals surface area contributed by atoms with E-state index in [4.69, 9.17) is 23.2 Å². The number of carbonyl (C=O) groups is 1. The Morgan fingerprint density at radius 2 is 1.72 bits per heavy atom. The highest BCUT2D eigenvalue weighted by Crippen LogP contribution is 2.20. The second kappa shape index (κ2) is 5.42. The number of amides is 1. The van der Waals surface area contributed by atoms with E-state index in [-0.39, 0.29) is 5.91 Å². The van der Waals surface area contributed by atoms with E-state index in [9.17, 15) is 4.79 Å². The van der Waals surface area contributed by atoms with Crippen LogP contribution in [-0.2, 0) is 0 Å². The molecule has 18 heavy (non-hydrogen) atoms. The first-order valence-corrected chi connectivity index (χ1v) is 6.15. The van der Waals surface area contributed by atoms with Crippen LogP contribution in [0.5, 0.6) is 0 Å². The molecular formula is C14H11Cl2NO. The number of benzene rings is 2. The Morgan fingerprint density at radius 1 is 1.06 bits per heavy atom. The van der Waals surface area contributed by atoms with Crippen LogP contribution in [0, 0.1) is 6.92 Å². The zero-order chi connectivity index (χ0) is 13.1. The molecule has 0 aliphatic heterocycles. The molecule has 2 aromatic rings. The van der Waals surface area contributed by atoms with E-state index in [1.165, 1.54) is 0 Å². The molecule has 0 unspecified atom stereocenters. The normalized spacial score (nSPS) is 10.2. The number of hydrogen-bond acceptors (Lipinski definition) is 1. The number of anilines is 1. The van der Waals surface area contributed by atoms with Gasteiger partial charge in [0, 0.05) is 10.7 Å². The highest BCUT2D eigenvalue weighted by Gasteiger charge is 2.10. The molecule has 0 heterocycles. The summed E-state index contributed by atoms with van der Waals surface area (Å²) in [5.41, 5.74) is 2.15. The number of rotatable bonds is 2. The van der Waals surface area contributed by atoms with Crippen molar-refractivity contribution < 1.29 is 4.79 Å². The lowest BCUT2D eigenvalue weighted by molar-refractivity contribution is 0.102. The van der Waals surface area contributed by atoms with Crippen molar-refractivity contribution >= 4 is 34.8 Å². The smallest absolute Gasteiger partial charge is 0.257 e. The highest BCUT2D eigenvalue weighted by molar-refractivity contribution is 6.34. The predicted molar refractivity (Wildman–Crippen MR) is 75.6 cm³/mol. The Labute approximate surface area is 116 Å². The zero-order valence-electron chi connectivity index (χ0n) is 9.71. The van der Waals surface area contributed by atoms with Gasteiger partial charge in [-0.05, 0) is 48.9 Å². The van der Waals surface area contributed by atoms with Crippen LogP contribution >= 0.6 is 23.2 Å². The molecule has 2 nitrogen and oxygen atoms in total. The van der Waals surface area contributed by atoms with E-state index in [0.717, 1.165) is 5.56 Å². The van der Waals surface area contributed by atoms with E-state index in [1.807, 2.05) is 13.0 Å². The van der Waals surface area contributed by atoms with Gasteiger partial charge in [-0.25, -0.2) is 0 Å². The molecule has 0 atom stereocenters. The Bertz CT molecular complexity index is 579. The van der Waals surface area contributed by atoms with Gasteiger partial charge in [0.15, 0.2) is 0 Å². The number of aryl methyl sites for hydroxylation is 1. The summed E-state index contributed by atoms with van der Waals surface area (Å²) < 4.78 is 0. The average Bonchev–Trinajstić information content (AvgIpc) is 2.32. The first kappa shape index (κ1) is 12.9. The molecule has 0 aromatic heterocycles. The Balaban J connectivity index is 2.19. The summed E-state index contributed by atoms with van der Waals surface area (Å²) in [6.07, 6.45) is 0. The fourth-order valence-electron chi connectivity index (χ4n) is 1.54. The molecule has 0 bridgehead atoms. The van der Waals surface area contributed by atoms with Gasteiger partial charge in [-0.3, -0.25) is 4.79 Å². The lowest BCUT2D eigenvalue weighted by Crippen LogP contribution is -2.12. The number of halogens is 2. The molecule has 0 aliphatic carbocycles.